The molecule has 0 bridgehead atoms. The van der Waals surface area contributed by atoms with Gasteiger partial charge in [-0.3, -0.25) is 4.79 Å². The van der Waals surface area contributed by atoms with Crippen LogP contribution in [0.15, 0.2) is 11.1 Å². The van der Waals surface area contributed by atoms with Crippen LogP contribution < -0.4 is 5.32 Å². The zero-order valence-corrected chi connectivity index (χ0v) is 15.0. The molecule has 1 rings (SSSR count). The summed E-state index contributed by atoms with van der Waals surface area (Å²) in [6.07, 6.45) is 0. The summed E-state index contributed by atoms with van der Waals surface area (Å²) < 4.78 is 9.90. The third-order valence-electron chi connectivity index (χ3n) is 2.96. The van der Waals surface area contributed by atoms with E-state index < -0.39 is 5.97 Å². The number of methoxy groups -OCH3 is 1. The minimum absolute atomic E-state index is 0.0978. The van der Waals surface area contributed by atoms with Crippen molar-refractivity contribution in [1.82, 2.24) is 10.3 Å². The first-order valence-electron chi connectivity index (χ1n) is 7.42. The van der Waals surface area contributed by atoms with Crippen molar-refractivity contribution in [2.45, 2.75) is 31.8 Å². The maximum absolute atomic E-state index is 11.9. The highest BCUT2D eigenvalue weighted by atomic mass is 32.2. The summed E-state index contributed by atoms with van der Waals surface area (Å²) in [5.74, 6) is -0.572. The van der Waals surface area contributed by atoms with E-state index in [9.17, 15) is 14.9 Å². The zero-order valence-electron chi connectivity index (χ0n) is 14.2. The molecule has 8 heteroatoms. The van der Waals surface area contributed by atoms with Gasteiger partial charge in [0.2, 0.25) is 5.91 Å². The highest BCUT2D eigenvalue weighted by molar-refractivity contribution is 8.00. The summed E-state index contributed by atoms with van der Waals surface area (Å²) in [6.45, 7) is 5.88. The Labute approximate surface area is 145 Å². The number of carbonyl (C=O) groups excluding carboxylic acids is 2. The van der Waals surface area contributed by atoms with E-state index in [1.54, 1.807) is 21.0 Å². The van der Waals surface area contributed by atoms with Crippen molar-refractivity contribution in [3.63, 3.8) is 0 Å². The van der Waals surface area contributed by atoms with Gasteiger partial charge >= 0.3 is 5.97 Å². The number of rotatable bonds is 8. The number of amides is 1. The SMILES string of the molecule is CCOC(=O)c1cc(C#N)c(SCC(=O)NC(C)COC)nc1C. The number of aryl methyl sites for hydroxylation is 1. The predicted octanol–water partition coefficient (Wildman–Crippen LogP) is 1.68. The van der Waals surface area contributed by atoms with E-state index in [-0.39, 0.29) is 35.4 Å². The third-order valence-corrected chi connectivity index (χ3v) is 3.95. The molecule has 130 valence electrons. The Morgan fingerprint density at radius 2 is 2.21 bits per heavy atom. The molecule has 1 N–H and O–H groups in total. The van der Waals surface area contributed by atoms with Crippen LogP contribution >= 0.6 is 11.8 Å². The fraction of sp³-hybridized carbons (Fsp3) is 0.500. The number of thioether (sulfide) groups is 1. The minimum atomic E-state index is -0.512. The van der Waals surface area contributed by atoms with Gasteiger partial charge in [0.15, 0.2) is 0 Å². The van der Waals surface area contributed by atoms with Gasteiger partial charge in [0.25, 0.3) is 0 Å². The first-order chi connectivity index (χ1) is 11.4. The molecule has 7 nitrogen and oxygen atoms in total. The molecule has 0 saturated heterocycles. The number of nitrogens with zero attached hydrogens (tertiary/aromatic N) is 2. The molecule has 1 amide bonds. The van der Waals surface area contributed by atoms with Crippen LogP contribution in [0.1, 0.15) is 35.5 Å². The molecule has 0 radical (unpaired) electrons. The van der Waals surface area contributed by atoms with Crippen molar-refractivity contribution in [1.29, 1.82) is 5.26 Å². The number of carbonyl (C=O) groups is 2. The van der Waals surface area contributed by atoms with Gasteiger partial charge in [-0.05, 0) is 26.8 Å². The van der Waals surface area contributed by atoms with Crippen LogP contribution in [0.5, 0.6) is 0 Å². The summed E-state index contributed by atoms with van der Waals surface area (Å²) in [5, 5.41) is 12.4. The monoisotopic (exact) mass is 351 g/mol. The Bertz CT molecular complexity index is 643. The van der Waals surface area contributed by atoms with Gasteiger partial charge in [-0.2, -0.15) is 5.26 Å². The lowest BCUT2D eigenvalue weighted by Crippen LogP contribution is -2.36. The van der Waals surface area contributed by atoms with Gasteiger partial charge in [0, 0.05) is 13.2 Å². The molecule has 0 saturated carbocycles. The molecule has 0 fully saturated rings. The Hall–Kier alpha value is -2.11. The first-order valence-corrected chi connectivity index (χ1v) is 8.41. The molecule has 1 atom stereocenters. The van der Waals surface area contributed by atoms with E-state index in [0.717, 1.165) is 11.8 Å². The van der Waals surface area contributed by atoms with Crippen LogP contribution in [0.4, 0.5) is 0 Å². The number of ether oxygens (including phenoxy) is 2. The van der Waals surface area contributed by atoms with Crippen molar-refractivity contribution >= 4 is 23.6 Å². The van der Waals surface area contributed by atoms with Gasteiger partial charge in [-0.25, -0.2) is 9.78 Å². The molecule has 24 heavy (non-hydrogen) atoms. The highest BCUT2D eigenvalue weighted by Gasteiger charge is 2.17. The molecular weight excluding hydrogens is 330 g/mol. The number of esters is 1. The lowest BCUT2D eigenvalue weighted by molar-refractivity contribution is -0.119. The Morgan fingerprint density at radius 1 is 1.50 bits per heavy atom. The van der Waals surface area contributed by atoms with Gasteiger partial charge in [-0.1, -0.05) is 11.8 Å². The molecule has 0 aliphatic carbocycles. The van der Waals surface area contributed by atoms with Crippen molar-refractivity contribution < 1.29 is 19.1 Å². The summed E-state index contributed by atoms with van der Waals surface area (Å²) in [4.78, 5) is 28.0. The molecule has 0 spiro atoms. The van der Waals surface area contributed by atoms with E-state index in [2.05, 4.69) is 10.3 Å². The molecule has 1 heterocycles. The average molecular weight is 351 g/mol. The van der Waals surface area contributed by atoms with Crippen LogP contribution in [-0.4, -0.2) is 49.0 Å². The minimum Gasteiger partial charge on any atom is -0.462 e. The number of nitriles is 1. The average Bonchev–Trinajstić information content (AvgIpc) is 2.53. The van der Waals surface area contributed by atoms with Crippen LogP contribution in [0.25, 0.3) is 0 Å². The van der Waals surface area contributed by atoms with E-state index >= 15 is 0 Å². The fourth-order valence-corrected chi connectivity index (χ4v) is 2.74. The predicted molar refractivity (Wildman–Crippen MR) is 89.9 cm³/mol. The highest BCUT2D eigenvalue weighted by Crippen LogP contribution is 2.23. The van der Waals surface area contributed by atoms with Gasteiger partial charge < -0.3 is 14.8 Å². The fourth-order valence-electron chi connectivity index (χ4n) is 1.93. The quantitative estimate of drug-likeness (QED) is 0.561. The third kappa shape index (κ3) is 5.83. The second-order valence-electron chi connectivity index (χ2n) is 5.02. The summed E-state index contributed by atoms with van der Waals surface area (Å²) in [6, 6.07) is 3.36. The van der Waals surface area contributed by atoms with Crippen LogP contribution in [0.2, 0.25) is 0 Å². The molecule has 1 aromatic rings. The van der Waals surface area contributed by atoms with Crippen LogP contribution in [0.3, 0.4) is 0 Å². The van der Waals surface area contributed by atoms with E-state index in [0.29, 0.717) is 17.3 Å². The number of hydrogen-bond donors (Lipinski definition) is 1. The molecular formula is C16H21N3O4S. The number of nitrogens with one attached hydrogen (secondary N) is 1. The maximum Gasteiger partial charge on any atom is 0.340 e. The Morgan fingerprint density at radius 3 is 2.79 bits per heavy atom. The van der Waals surface area contributed by atoms with Gasteiger partial charge in [0.1, 0.15) is 11.1 Å². The second kappa shape index (κ2) is 9.90. The molecule has 0 aromatic carbocycles. The summed E-state index contributed by atoms with van der Waals surface area (Å²) in [5.41, 5.74) is 0.963. The van der Waals surface area contributed by atoms with E-state index in [1.807, 2.05) is 13.0 Å². The molecule has 0 aliphatic heterocycles. The van der Waals surface area contributed by atoms with E-state index in [4.69, 9.17) is 9.47 Å². The topological polar surface area (TPSA) is 101 Å². The van der Waals surface area contributed by atoms with Crippen molar-refractivity contribution in [2.75, 3.05) is 26.1 Å². The van der Waals surface area contributed by atoms with Crippen LogP contribution in [-0.2, 0) is 14.3 Å². The lowest BCUT2D eigenvalue weighted by Gasteiger charge is -2.13. The molecule has 1 aromatic heterocycles. The number of pyridine rings is 1. The Balaban J connectivity index is 2.82. The van der Waals surface area contributed by atoms with Crippen LogP contribution in [0, 0.1) is 18.3 Å². The number of hydrogen-bond acceptors (Lipinski definition) is 7. The Kier molecular flexibility index (Phi) is 8.22. The maximum atomic E-state index is 11.9. The van der Waals surface area contributed by atoms with Gasteiger partial charge in [-0.15, -0.1) is 0 Å². The first kappa shape index (κ1) is 19.9. The molecule has 1 unspecified atom stereocenters. The zero-order chi connectivity index (χ0) is 18.1. The lowest BCUT2D eigenvalue weighted by atomic mass is 10.1. The van der Waals surface area contributed by atoms with E-state index in [1.165, 1.54) is 6.07 Å². The molecule has 0 aliphatic rings. The van der Waals surface area contributed by atoms with Crippen molar-refractivity contribution in [3.8, 4) is 6.07 Å². The standard InChI is InChI=1S/C16H21N3O4S/c1-5-23-16(21)13-6-12(7-17)15(19-11(13)3)24-9-14(20)18-10(2)8-22-4/h6,10H,5,8-9H2,1-4H3,(H,18,20). The summed E-state index contributed by atoms with van der Waals surface area (Å²) in [7, 11) is 1.56. The largest absolute Gasteiger partial charge is 0.462 e. The smallest absolute Gasteiger partial charge is 0.340 e. The van der Waals surface area contributed by atoms with Crippen molar-refractivity contribution in [3.05, 3.63) is 22.9 Å². The van der Waals surface area contributed by atoms with Gasteiger partial charge in [0.05, 0.1) is 35.8 Å². The second-order valence-corrected chi connectivity index (χ2v) is 5.98. The number of aromatic nitrogens is 1. The normalized spacial score (nSPS) is 11.5. The van der Waals surface area contributed by atoms with Crippen molar-refractivity contribution in [2.24, 2.45) is 0 Å². The summed E-state index contributed by atoms with van der Waals surface area (Å²) >= 11 is 1.15.